The van der Waals surface area contributed by atoms with E-state index in [1.54, 1.807) is 11.0 Å². The molecule has 1 N–H and O–H groups in total. The molecule has 0 radical (unpaired) electrons. The van der Waals surface area contributed by atoms with Gasteiger partial charge >= 0.3 is 0 Å². The number of aromatic nitrogens is 4. The molecule has 0 atom stereocenters. The van der Waals surface area contributed by atoms with E-state index in [0.717, 1.165) is 31.9 Å². The molecule has 0 aromatic carbocycles. The van der Waals surface area contributed by atoms with Crippen molar-refractivity contribution in [2.75, 3.05) is 6.54 Å². The average molecular weight is 233 g/mol. The summed E-state index contributed by atoms with van der Waals surface area (Å²) in [5.41, 5.74) is 1.32. The highest BCUT2D eigenvalue weighted by atomic mass is 15.3. The van der Waals surface area contributed by atoms with Crippen LogP contribution in [0, 0.1) is 0 Å². The first-order chi connectivity index (χ1) is 8.29. The number of nitrogens with zero attached hydrogens (tertiary/aromatic N) is 4. The van der Waals surface area contributed by atoms with E-state index in [1.165, 1.54) is 5.69 Å². The summed E-state index contributed by atoms with van der Waals surface area (Å²) in [5.74, 6) is 0.894. The van der Waals surface area contributed by atoms with E-state index in [-0.39, 0.29) is 0 Å². The fraction of sp³-hybridized carbons (Fsp3) is 0.500. The van der Waals surface area contributed by atoms with Gasteiger partial charge in [-0.05, 0) is 19.1 Å². The van der Waals surface area contributed by atoms with E-state index in [2.05, 4.69) is 45.2 Å². The summed E-state index contributed by atoms with van der Waals surface area (Å²) in [4.78, 5) is 4.19. The molecule has 0 aliphatic heterocycles. The summed E-state index contributed by atoms with van der Waals surface area (Å²) in [6, 6.07) is 4.23. The topological polar surface area (TPSA) is 47.7 Å². The predicted octanol–water partition coefficient (Wildman–Crippen LogP) is 0.969. The Kier molecular flexibility index (Phi) is 3.93. The van der Waals surface area contributed by atoms with Crippen LogP contribution in [0.1, 0.15) is 18.4 Å². The van der Waals surface area contributed by atoms with Crippen molar-refractivity contribution in [3.05, 3.63) is 36.2 Å². The quantitative estimate of drug-likeness (QED) is 0.756. The van der Waals surface area contributed by atoms with Crippen molar-refractivity contribution in [1.82, 2.24) is 24.6 Å². The Bertz CT molecular complexity index is 457. The number of nitrogens with one attached hydrogen (secondary N) is 1. The van der Waals surface area contributed by atoms with E-state index in [9.17, 15) is 0 Å². The van der Waals surface area contributed by atoms with Gasteiger partial charge in [0.2, 0.25) is 0 Å². The molecule has 2 rings (SSSR count). The van der Waals surface area contributed by atoms with Crippen LogP contribution >= 0.6 is 0 Å². The molecule has 5 heteroatoms. The molecule has 0 aliphatic rings. The molecule has 0 saturated heterocycles. The van der Waals surface area contributed by atoms with Crippen LogP contribution in [0.15, 0.2) is 24.7 Å². The minimum atomic E-state index is 0.869. The smallest absolute Gasteiger partial charge is 0.151 e. The van der Waals surface area contributed by atoms with Crippen LogP contribution in [0.3, 0.4) is 0 Å². The highest BCUT2D eigenvalue weighted by Crippen LogP contribution is 2.01. The second kappa shape index (κ2) is 5.63. The van der Waals surface area contributed by atoms with E-state index < -0.39 is 0 Å². The third-order valence-corrected chi connectivity index (χ3v) is 2.74. The molecule has 92 valence electrons. The fourth-order valence-electron chi connectivity index (χ4n) is 1.83. The van der Waals surface area contributed by atoms with Crippen LogP contribution in [0.25, 0.3) is 0 Å². The minimum absolute atomic E-state index is 0.869. The summed E-state index contributed by atoms with van der Waals surface area (Å²) >= 11 is 0. The van der Waals surface area contributed by atoms with E-state index in [4.69, 9.17) is 0 Å². The first kappa shape index (κ1) is 11.9. The van der Waals surface area contributed by atoms with Gasteiger partial charge in [0.1, 0.15) is 6.33 Å². The van der Waals surface area contributed by atoms with Crippen molar-refractivity contribution in [2.24, 2.45) is 7.05 Å². The lowest BCUT2D eigenvalue weighted by atomic mass is 10.3. The number of rotatable bonds is 6. The molecular weight excluding hydrogens is 214 g/mol. The summed E-state index contributed by atoms with van der Waals surface area (Å²) in [6.45, 7) is 4.97. The molecule has 2 heterocycles. The lowest BCUT2D eigenvalue weighted by molar-refractivity contribution is 0.618. The molecule has 0 aliphatic carbocycles. The molecule has 0 spiro atoms. The molecule has 17 heavy (non-hydrogen) atoms. The summed E-state index contributed by atoms with van der Waals surface area (Å²) in [5, 5.41) is 7.65. The zero-order chi connectivity index (χ0) is 12.1. The van der Waals surface area contributed by atoms with Gasteiger partial charge in [0.05, 0.1) is 0 Å². The van der Waals surface area contributed by atoms with Crippen molar-refractivity contribution in [1.29, 1.82) is 0 Å². The van der Waals surface area contributed by atoms with E-state index in [0.29, 0.717) is 0 Å². The van der Waals surface area contributed by atoms with Gasteiger partial charge in [0, 0.05) is 45.0 Å². The van der Waals surface area contributed by atoms with Crippen molar-refractivity contribution < 1.29 is 0 Å². The molecule has 0 amide bonds. The average Bonchev–Trinajstić information content (AvgIpc) is 2.93. The van der Waals surface area contributed by atoms with Gasteiger partial charge in [-0.3, -0.25) is 4.68 Å². The summed E-state index contributed by atoms with van der Waals surface area (Å²) in [7, 11) is 1.89. The minimum Gasteiger partial charge on any atom is -0.351 e. The maximum absolute atomic E-state index is 4.24. The molecule has 2 aromatic heterocycles. The van der Waals surface area contributed by atoms with Gasteiger partial charge in [-0.25, -0.2) is 4.98 Å². The Hall–Kier alpha value is -1.62. The third kappa shape index (κ3) is 3.17. The molecule has 0 unspecified atom stereocenters. The van der Waals surface area contributed by atoms with Crippen LogP contribution in [0.5, 0.6) is 0 Å². The first-order valence-electron chi connectivity index (χ1n) is 5.99. The Morgan fingerprint density at radius 1 is 1.41 bits per heavy atom. The molecule has 0 fully saturated rings. The number of hydrogen-bond acceptors (Lipinski definition) is 3. The van der Waals surface area contributed by atoms with Crippen molar-refractivity contribution in [3.63, 3.8) is 0 Å². The second-order valence-corrected chi connectivity index (χ2v) is 4.05. The fourth-order valence-corrected chi connectivity index (χ4v) is 1.83. The van der Waals surface area contributed by atoms with Crippen LogP contribution in [-0.4, -0.2) is 25.9 Å². The van der Waals surface area contributed by atoms with Crippen molar-refractivity contribution in [2.45, 2.75) is 26.4 Å². The Balaban J connectivity index is 1.73. The van der Waals surface area contributed by atoms with Crippen LogP contribution in [-0.2, 0) is 26.6 Å². The molecule has 0 bridgehead atoms. The first-order valence-corrected chi connectivity index (χ1v) is 5.99. The van der Waals surface area contributed by atoms with Crippen LogP contribution < -0.4 is 5.32 Å². The number of hydrogen-bond donors (Lipinski definition) is 1. The van der Waals surface area contributed by atoms with Crippen molar-refractivity contribution >= 4 is 0 Å². The lowest BCUT2D eigenvalue weighted by Gasteiger charge is -2.07. The summed E-state index contributed by atoms with van der Waals surface area (Å²) in [6.07, 6.45) is 4.71. The zero-order valence-electron chi connectivity index (χ0n) is 10.4. The summed E-state index contributed by atoms with van der Waals surface area (Å²) < 4.78 is 3.98. The highest BCUT2D eigenvalue weighted by Gasteiger charge is 2.00. The van der Waals surface area contributed by atoms with Crippen molar-refractivity contribution in [3.8, 4) is 0 Å². The normalized spacial score (nSPS) is 10.9. The molecular formula is C12H19N5. The van der Waals surface area contributed by atoms with Gasteiger partial charge < -0.3 is 9.88 Å². The molecule has 0 saturated carbocycles. The Labute approximate surface area is 101 Å². The second-order valence-electron chi connectivity index (χ2n) is 4.05. The SMILES string of the molecule is CCn1cccc1CNCCc1ncn(C)n1. The highest BCUT2D eigenvalue weighted by molar-refractivity contribution is 5.06. The van der Waals surface area contributed by atoms with Gasteiger partial charge in [-0.1, -0.05) is 0 Å². The standard InChI is InChI=1S/C12H19N5/c1-3-17-8-4-5-11(17)9-13-7-6-12-14-10-16(2)15-12/h4-5,8,10,13H,3,6-7,9H2,1-2H3. The van der Waals surface area contributed by atoms with Gasteiger partial charge in [0.25, 0.3) is 0 Å². The maximum Gasteiger partial charge on any atom is 0.151 e. The largest absolute Gasteiger partial charge is 0.351 e. The molecule has 2 aromatic rings. The monoisotopic (exact) mass is 233 g/mol. The van der Waals surface area contributed by atoms with E-state index in [1.807, 2.05) is 7.05 Å². The maximum atomic E-state index is 4.24. The van der Waals surface area contributed by atoms with Crippen LogP contribution in [0.2, 0.25) is 0 Å². The molecule has 5 nitrogen and oxygen atoms in total. The number of aryl methyl sites for hydroxylation is 2. The Morgan fingerprint density at radius 2 is 2.29 bits per heavy atom. The van der Waals surface area contributed by atoms with E-state index >= 15 is 0 Å². The predicted molar refractivity (Wildman–Crippen MR) is 66.5 cm³/mol. The van der Waals surface area contributed by atoms with Crippen LogP contribution in [0.4, 0.5) is 0 Å². The lowest BCUT2D eigenvalue weighted by Crippen LogP contribution is -2.19. The van der Waals surface area contributed by atoms with Gasteiger partial charge in [-0.2, -0.15) is 5.10 Å². The zero-order valence-corrected chi connectivity index (χ0v) is 10.4. The Morgan fingerprint density at radius 3 is 3.00 bits per heavy atom. The van der Waals surface area contributed by atoms with Gasteiger partial charge in [-0.15, -0.1) is 0 Å². The third-order valence-electron chi connectivity index (χ3n) is 2.74. The van der Waals surface area contributed by atoms with Gasteiger partial charge in [0.15, 0.2) is 5.82 Å².